The number of Topliss-reactive ketones (excluding diaryl/α,β-unsaturated/α-hetero) is 3. The van der Waals surface area contributed by atoms with Crippen LogP contribution in [0.4, 0.5) is 0 Å². The van der Waals surface area contributed by atoms with Crippen LogP contribution >= 0.6 is 23.4 Å². The lowest BCUT2D eigenvalue weighted by molar-refractivity contribution is -0.137. The Labute approximate surface area is 145 Å². The number of fused-ring (bicyclic) bond motifs is 2. The maximum Gasteiger partial charge on any atom is 0.182 e. The van der Waals surface area contributed by atoms with Crippen LogP contribution in [0.2, 0.25) is 5.02 Å². The summed E-state index contributed by atoms with van der Waals surface area (Å²) in [5, 5.41) is 0.328. The number of thioether (sulfide) groups is 1. The van der Waals surface area contributed by atoms with Gasteiger partial charge in [-0.25, -0.2) is 0 Å². The molecule has 2 bridgehead atoms. The average Bonchev–Trinajstić information content (AvgIpc) is 2.98. The molecule has 1 aromatic carbocycles. The summed E-state index contributed by atoms with van der Waals surface area (Å²) in [6, 6.07) is 5.24. The first-order chi connectivity index (χ1) is 11.0. The Morgan fingerprint density at radius 3 is 2.43 bits per heavy atom. The number of benzene rings is 1. The number of carbonyl (C=O) groups excluding carboxylic acids is 3. The quantitative estimate of drug-likeness (QED) is 0.453. The molecule has 2 unspecified atom stereocenters. The van der Waals surface area contributed by atoms with Gasteiger partial charge in [0.15, 0.2) is 17.3 Å². The van der Waals surface area contributed by atoms with Crippen LogP contribution < -0.4 is 0 Å². The second-order valence-corrected chi connectivity index (χ2v) is 7.87. The Hall–Kier alpha value is -1.13. The monoisotopic (exact) mass is 350 g/mol. The number of hydrogen-bond donors (Lipinski definition) is 0. The molecule has 0 radical (unpaired) electrons. The van der Waals surface area contributed by atoms with Crippen molar-refractivity contribution in [3.63, 3.8) is 0 Å². The van der Waals surface area contributed by atoms with Crippen LogP contribution in [0.1, 0.15) is 43.0 Å². The summed E-state index contributed by atoms with van der Waals surface area (Å²) >= 11 is 7.92. The minimum Gasteiger partial charge on any atom is -0.298 e. The highest BCUT2D eigenvalue weighted by atomic mass is 35.5. The van der Waals surface area contributed by atoms with Gasteiger partial charge < -0.3 is 0 Å². The van der Waals surface area contributed by atoms with Crippen molar-refractivity contribution in [3.05, 3.63) is 28.8 Å². The Morgan fingerprint density at radius 2 is 1.87 bits per heavy atom. The van der Waals surface area contributed by atoms with Crippen LogP contribution in [-0.2, 0) is 9.59 Å². The lowest BCUT2D eigenvalue weighted by Crippen LogP contribution is -2.41. The molecule has 2 aliphatic carbocycles. The second-order valence-electron chi connectivity index (χ2n) is 6.30. The third-order valence-electron chi connectivity index (χ3n) is 4.75. The molecule has 23 heavy (non-hydrogen) atoms. The molecule has 0 amide bonds. The zero-order valence-electron chi connectivity index (χ0n) is 13.0. The minimum atomic E-state index is -1.13. The topological polar surface area (TPSA) is 51.2 Å². The molecule has 2 atom stereocenters. The largest absolute Gasteiger partial charge is 0.298 e. The van der Waals surface area contributed by atoms with Crippen molar-refractivity contribution in [1.29, 1.82) is 0 Å². The standard InChI is InChI=1S/C18H19ClO3S/c1-2-7-23-12-5-6-13(14(19)9-12)18(22)15-16(20)10-3-4-11(8-10)17(15)21/h5-6,9-11,15H,2-4,7-8H2,1H3. The average molecular weight is 351 g/mol. The summed E-state index contributed by atoms with van der Waals surface area (Å²) in [5.41, 5.74) is 0.292. The molecule has 0 aliphatic heterocycles. The predicted octanol–water partition coefficient (Wildman–Crippen LogP) is 4.21. The smallest absolute Gasteiger partial charge is 0.182 e. The zero-order chi connectivity index (χ0) is 16.6. The Balaban J connectivity index is 1.85. The van der Waals surface area contributed by atoms with Crippen molar-refractivity contribution in [3.8, 4) is 0 Å². The van der Waals surface area contributed by atoms with Crippen LogP contribution in [0.5, 0.6) is 0 Å². The highest BCUT2D eigenvalue weighted by molar-refractivity contribution is 7.99. The molecule has 0 saturated heterocycles. The molecule has 0 spiro atoms. The van der Waals surface area contributed by atoms with E-state index >= 15 is 0 Å². The molecular formula is C18H19ClO3S. The molecule has 1 aromatic rings. The zero-order valence-corrected chi connectivity index (χ0v) is 14.6. The molecule has 2 saturated carbocycles. The molecule has 122 valence electrons. The molecule has 0 N–H and O–H groups in total. The number of halogens is 1. The van der Waals surface area contributed by atoms with E-state index in [1.165, 1.54) is 0 Å². The fourth-order valence-corrected chi connectivity index (χ4v) is 4.67. The van der Waals surface area contributed by atoms with Gasteiger partial charge in [-0.2, -0.15) is 0 Å². The highest BCUT2D eigenvalue weighted by Crippen LogP contribution is 2.41. The van der Waals surface area contributed by atoms with Crippen LogP contribution in [0.3, 0.4) is 0 Å². The van der Waals surface area contributed by atoms with E-state index in [2.05, 4.69) is 6.92 Å². The predicted molar refractivity (Wildman–Crippen MR) is 91.1 cm³/mol. The van der Waals surface area contributed by atoms with Gasteiger partial charge >= 0.3 is 0 Å². The van der Waals surface area contributed by atoms with E-state index in [0.29, 0.717) is 17.0 Å². The third kappa shape index (κ3) is 3.11. The number of rotatable bonds is 5. The van der Waals surface area contributed by atoms with Crippen LogP contribution in [0.25, 0.3) is 0 Å². The summed E-state index contributed by atoms with van der Waals surface area (Å²) in [7, 11) is 0. The van der Waals surface area contributed by atoms with Gasteiger partial charge in [-0.05, 0) is 49.6 Å². The first-order valence-corrected chi connectivity index (χ1v) is 9.43. The van der Waals surface area contributed by atoms with Gasteiger partial charge in [0.1, 0.15) is 5.92 Å². The van der Waals surface area contributed by atoms with Crippen LogP contribution in [0.15, 0.2) is 23.1 Å². The lowest BCUT2D eigenvalue weighted by Gasteiger charge is -2.24. The normalized spacial score (nSPS) is 26.6. The van der Waals surface area contributed by atoms with Gasteiger partial charge in [0.05, 0.1) is 5.02 Å². The van der Waals surface area contributed by atoms with Crippen molar-refractivity contribution >= 4 is 40.7 Å². The van der Waals surface area contributed by atoms with Crippen molar-refractivity contribution in [2.24, 2.45) is 17.8 Å². The number of ketones is 3. The van der Waals surface area contributed by atoms with E-state index in [1.54, 1.807) is 23.9 Å². The molecule has 0 aromatic heterocycles. The third-order valence-corrected chi connectivity index (χ3v) is 6.26. The fourth-order valence-electron chi connectivity index (χ4n) is 3.53. The molecule has 5 heteroatoms. The first kappa shape index (κ1) is 16.7. The Bertz CT molecular complexity index is 648. The van der Waals surface area contributed by atoms with Gasteiger partial charge in [0, 0.05) is 22.3 Å². The highest BCUT2D eigenvalue weighted by Gasteiger charge is 2.50. The maximum atomic E-state index is 12.8. The van der Waals surface area contributed by atoms with Crippen LogP contribution in [0, 0.1) is 17.8 Å². The van der Waals surface area contributed by atoms with Gasteiger partial charge in [0.25, 0.3) is 0 Å². The summed E-state index contributed by atoms with van der Waals surface area (Å²) in [4.78, 5) is 38.6. The van der Waals surface area contributed by atoms with Crippen molar-refractivity contribution in [2.75, 3.05) is 5.75 Å². The molecule has 3 rings (SSSR count). The SMILES string of the molecule is CCCSc1ccc(C(=O)C2C(=O)C3CCC(C3)C2=O)c(Cl)c1. The summed E-state index contributed by atoms with van der Waals surface area (Å²) in [5.74, 6) is -1.22. The summed E-state index contributed by atoms with van der Waals surface area (Å²) < 4.78 is 0. The van der Waals surface area contributed by atoms with Crippen molar-refractivity contribution < 1.29 is 14.4 Å². The Kier molecular flexibility index (Phi) is 4.93. The Morgan fingerprint density at radius 1 is 1.22 bits per heavy atom. The van der Waals surface area contributed by atoms with E-state index in [9.17, 15) is 14.4 Å². The molecular weight excluding hydrogens is 332 g/mol. The molecule has 3 nitrogen and oxygen atoms in total. The second kappa shape index (κ2) is 6.78. The van der Waals surface area contributed by atoms with Crippen molar-refractivity contribution in [2.45, 2.75) is 37.5 Å². The van der Waals surface area contributed by atoms with Gasteiger partial charge in [0.2, 0.25) is 0 Å². The van der Waals surface area contributed by atoms with E-state index in [-0.39, 0.29) is 23.4 Å². The minimum absolute atomic E-state index is 0.121. The van der Waals surface area contributed by atoms with E-state index < -0.39 is 11.7 Å². The van der Waals surface area contributed by atoms with E-state index in [0.717, 1.165) is 29.9 Å². The first-order valence-electron chi connectivity index (χ1n) is 8.07. The summed E-state index contributed by atoms with van der Waals surface area (Å²) in [6.07, 6.45) is 3.15. The maximum absolute atomic E-state index is 12.8. The molecule has 2 fully saturated rings. The summed E-state index contributed by atoms with van der Waals surface area (Å²) in [6.45, 7) is 2.10. The number of hydrogen-bond acceptors (Lipinski definition) is 4. The van der Waals surface area contributed by atoms with E-state index in [4.69, 9.17) is 11.6 Å². The van der Waals surface area contributed by atoms with Crippen LogP contribution in [-0.4, -0.2) is 23.1 Å². The lowest BCUT2D eigenvalue weighted by atomic mass is 9.75. The fraction of sp³-hybridized carbons (Fsp3) is 0.500. The number of carbonyl (C=O) groups is 3. The van der Waals surface area contributed by atoms with Gasteiger partial charge in [-0.1, -0.05) is 18.5 Å². The van der Waals surface area contributed by atoms with E-state index in [1.807, 2.05) is 6.07 Å². The van der Waals surface area contributed by atoms with Crippen molar-refractivity contribution in [1.82, 2.24) is 0 Å². The molecule has 0 heterocycles. The van der Waals surface area contributed by atoms with Gasteiger partial charge in [-0.15, -0.1) is 11.8 Å². The molecule has 2 aliphatic rings. The van der Waals surface area contributed by atoms with Gasteiger partial charge in [-0.3, -0.25) is 14.4 Å².